The number of hydrogen-bond donors (Lipinski definition) is 1. The van der Waals surface area contributed by atoms with Gasteiger partial charge in [0.2, 0.25) is 15.9 Å². The normalized spacial score (nSPS) is 11.1. The minimum Gasteiger partial charge on any atom is -0.492 e. The van der Waals surface area contributed by atoms with Crippen LogP contribution in [0.15, 0.2) is 24.3 Å². The fourth-order valence-electron chi connectivity index (χ4n) is 2.13. The van der Waals surface area contributed by atoms with Crippen molar-refractivity contribution in [2.24, 2.45) is 0 Å². The van der Waals surface area contributed by atoms with Crippen molar-refractivity contribution < 1.29 is 17.9 Å². The van der Waals surface area contributed by atoms with Crippen molar-refractivity contribution >= 4 is 21.6 Å². The van der Waals surface area contributed by atoms with Crippen molar-refractivity contribution in [3.05, 3.63) is 24.3 Å². The fourth-order valence-corrected chi connectivity index (χ4v) is 3.06. The number of carbonyl (C=O) groups is 1. The maximum Gasteiger partial charge on any atom is 0.232 e. The van der Waals surface area contributed by atoms with E-state index in [0.717, 1.165) is 19.1 Å². The molecule has 1 aromatic rings. The molecule has 130 valence electrons. The molecule has 0 saturated heterocycles. The predicted molar refractivity (Wildman–Crippen MR) is 92.3 cm³/mol. The molecule has 0 heterocycles. The fraction of sp³-hybridized carbons (Fsp3) is 0.562. The highest BCUT2D eigenvalue weighted by molar-refractivity contribution is 7.92. The first-order chi connectivity index (χ1) is 10.9. The van der Waals surface area contributed by atoms with Gasteiger partial charge in [-0.1, -0.05) is 25.5 Å². The molecule has 0 aliphatic carbocycles. The van der Waals surface area contributed by atoms with Gasteiger partial charge in [0, 0.05) is 13.0 Å². The Bertz CT molecular complexity index is 602. The molecule has 0 unspecified atom stereocenters. The number of ether oxygens (including phenoxy) is 1. The van der Waals surface area contributed by atoms with E-state index in [2.05, 4.69) is 5.32 Å². The molecule has 0 radical (unpaired) electrons. The summed E-state index contributed by atoms with van der Waals surface area (Å²) in [4.78, 5) is 11.6. The van der Waals surface area contributed by atoms with Gasteiger partial charge < -0.3 is 10.1 Å². The number of nitrogens with zero attached hydrogens (tertiary/aromatic N) is 1. The molecule has 0 fully saturated rings. The van der Waals surface area contributed by atoms with Gasteiger partial charge in [-0.25, -0.2) is 8.42 Å². The van der Waals surface area contributed by atoms with Crippen LogP contribution in [0.3, 0.4) is 0 Å². The molecular formula is C16H26N2O4S. The Kier molecular flexibility index (Phi) is 7.88. The summed E-state index contributed by atoms with van der Waals surface area (Å²) in [7, 11) is -3.47. The summed E-state index contributed by atoms with van der Waals surface area (Å²) in [6.45, 7) is 4.73. The lowest BCUT2D eigenvalue weighted by Crippen LogP contribution is -2.38. The van der Waals surface area contributed by atoms with Crippen LogP contribution in [0.1, 0.15) is 33.1 Å². The SMILES string of the molecule is CCCCC(=O)NCCN(c1ccccc1OCC)S(C)(=O)=O. The second-order valence-electron chi connectivity index (χ2n) is 5.19. The van der Waals surface area contributed by atoms with Gasteiger partial charge in [-0.3, -0.25) is 9.10 Å². The van der Waals surface area contributed by atoms with Crippen LogP contribution in [-0.2, 0) is 14.8 Å². The van der Waals surface area contributed by atoms with Crippen LogP contribution in [0.5, 0.6) is 5.75 Å². The molecule has 0 saturated carbocycles. The van der Waals surface area contributed by atoms with E-state index in [1.54, 1.807) is 24.3 Å². The molecule has 0 bridgehead atoms. The number of hydrogen-bond acceptors (Lipinski definition) is 4. The highest BCUT2D eigenvalue weighted by Crippen LogP contribution is 2.29. The lowest BCUT2D eigenvalue weighted by molar-refractivity contribution is -0.121. The van der Waals surface area contributed by atoms with Gasteiger partial charge >= 0.3 is 0 Å². The average Bonchev–Trinajstić information content (AvgIpc) is 2.49. The van der Waals surface area contributed by atoms with Crippen molar-refractivity contribution in [2.45, 2.75) is 33.1 Å². The number of rotatable bonds is 10. The summed E-state index contributed by atoms with van der Waals surface area (Å²) < 4.78 is 30.9. The molecule has 0 spiro atoms. The van der Waals surface area contributed by atoms with Crippen LogP contribution in [0.2, 0.25) is 0 Å². The van der Waals surface area contributed by atoms with E-state index in [1.165, 1.54) is 4.31 Å². The van der Waals surface area contributed by atoms with E-state index >= 15 is 0 Å². The molecule has 1 amide bonds. The second kappa shape index (κ2) is 9.39. The minimum absolute atomic E-state index is 0.0570. The van der Waals surface area contributed by atoms with Gasteiger partial charge in [-0.15, -0.1) is 0 Å². The number of amides is 1. The van der Waals surface area contributed by atoms with Gasteiger partial charge in [0.05, 0.1) is 25.1 Å². The average molecular weight is 342 g/mol. The Balaban J connectivity index is 2.81. The van der Waals surface area contributed by atoms with Crippen molar-refractivity contribution in [3.63, 3.8) is 0 Å². The summed E-state index contributed by atoms with van der Waals surface area (Å²) in [5.41, 5.74) is 0.486. The third-order valence-corrected chi connectivity index (χ3v) is 4.41. The Hall–Kier alpha value is -1.76. The number of unbranched alkanes of at least 4 members (excludes halogenated alkanes) is 1. The summed E-state index contributed by atoms with van der Waals surface area (Å²) in [6.07, 6.45) is 3.39. The largest absolute Gasteiger partial charge is 0.492 e. The van der Waals surface area contributed by atoms with Crippen LogP contribution < -0.4 is 14.4 Å². The molecule has 23 heavy (non-hydrogen) atoms. The van der Waals surface area contributed by atoms with Crippen LogP contribution in [-0.4, -0.2) is 40.3 Å². The third-order valence-electron chi connectivity index (χ3n) is 3.23. The molecule has 0 atom stereocenters. The van der Waals surface area contributed by atoms with Gasteiger partial charge in [-0.05, 0) is 25.5 Å². The zero-order chi connectivity index (χ0) is 17.3. The Labute approximate surface area is 138 Å². The maximum atomic E-state index is 12.1. The van der Waals surface area contributed by atoms with Crippen LogP contribution in [0.25, 0.3) is 0 Å². The smallest absolute Gasteiger partial charge is 0.232 e. The maximum absolute atomic E-state index is 12.1. The van der Waals surface area contributed by atoms with Crippen LogP contribution >= 0.6 is 0 Å². The van der Waals surface area contributed by atoms with Crippen LogP contribution in [0, 0.1) is 0 Å². The van der Waals surface area contributed by atoms with Gasteiger partial charge in [0.25, 0.3) is 0 Å². The second-order valence-corrected chi connectivity index (χ2v) is 7.10. The summed E-state index contributed by atoms with van der Waals surface area (Å²) in [5, 5.41) is 2.76. The van der Waals surface area contributed by atoms with Crippen molar-refractivity contribution in [2.75, 3.05) is 30.3 Å². The van der Waals surface area contributed by atoms with Crippen molar-refractivity contribution in [3.8, 4) is 5.75 Å². The van der Waals surface area contributed by atoms with Gasteiger partial charge in [0.1, 0.15) is 5.75 Å². The van der Waals surface area contributed by atoms with Crippen molar-refractivity contribution in [1.82, 2.24) is 5.32 Å². The number of nitrogens with one attached hydrogen (secondary N) is 1. The molecule has 6 nitrogen and oxygen atoms in total. The predicted octanol–water partition coefficient (Wildman–Crippen LogP) is 2.16. The summed E-state index contributed by atoms with van der Waals surface area (Å²) >= 11 is 0. The number of carbonyl (C=O) groups excluding carboxylic acids is 1. The number of benzene rings is 1. The van der Waals surface area contributed by atoms with E-state index in [9.17, 15) is 13.2 Å². The van der Waals surface area contributed by atoms with E-state index < -0.39 is 10.0 Å². The van der Waals surface area contributed by atoms with Gasteiger partial charge in [0.15, 0.2) is 0 Å². The lowest BCUT2D eigenvalue weighted by atomic mass is 10.2. The zero-order valence-electron chi connectivity index (χ0n) is 14.0. The number of para-hydroxylation sites is 2. The number of sulfonamides is 1. The summed E-state index contributed by atoms with van der Waals surface area (Å²) in [6, 6.07) is 6.99. The zero-order valence-corrected chi connectivity index (χ0v) is 14.9. The molecule has 0 aliphatic rings. The Morgan fingerprint density at radius 1 is 1.26 bits per heavy atom. The first-order valence-electron chi connectivity index (χ1n) is 7.86. The molecule has 7 heteroatoms. The monoisotopic (exact) mass is 342 g/mol. The van der Waals surface area contributed by atoms with E-state index in [4.69, 9.17) is 4.74 Å². The highest BCUT2D eigenvalue weighted by atomic mass is 32.2. The number of anilines is 1. The van der Waals surface area contributed by atoms with E-state index in [0.29, 0.717) is 24.5 Å². The molecule has 1 aromatic carbocycles. The molecule has 1 rings (SSSR count). The molecular weight excluding hydrogens is 316 g/mol. The minimum atomic E-state index is -3.47. The van der Waals surface area contributed by atoms with E-state index in [-0.39, 0.29) is 19.0 Å². The van der Waals surface area contributed by atoms with E-state index in [1.807, 2.05) is 13.8 Å². The highest BCUT2D eigenvalue weighted by Gasteiger charge is 2.20. The van der Waals surface area contributed by atoms with Gasteiger partial charge in [-0.2, -0.15) is 0 Å². The third kappa shape index (κ3) is 6.48. The lowest BCUT2D eigenvalue weighted by Gasteiger charge is -2.24. The Morgan fingerprint density at radius 2 is 1.96 bits per heavy atom. The topological polar surface area (TPSA) is 75.7 Å². The summed E-state index contributed by atoms with van der Waals surface area (Å²) in [5.74, 6) is 0.455. The van der Waals surface area contributed by atoms with Crippen LogP contribution in [0.4, 0.5) is 5.69 Å². The first-order valence-corrected chi connectivity index (χ1v) is 9.71. The standard InChI is InChI=1S/C16H26N2O4S/c1-4-6-11-16(19)17-12-13-18(23(3,20)21)14-9-7-8-10-15(14)22-5-2/h7-10H,4-6,11-13H2,1-3H3,(H,17,19). The van der Waals surface area contributed by atoms with Crippen molar-refractivity contribution in [1.29, 1.82) is 0 Å². The molecule has 0 aliphatic heterocycles. The molecule has 0 aromatic heterocycles. The first kappa shape index (κ1) is 19.3. The molecule has 1 N–H and O–H groups in total. The quantitative estimate of drug-likeness (QED) is 0.707. The Morgan fingerprint density at radius 3 is 2.57 bits per heavy atom.